The van der Waals surface area contributed by atoms with E-state index >= 15 is 0 Å². The molecule has 2 heteroatoms. The minimum atomic E-state index is -0.199. The molecule has 0 atom stereocenters. The molecule has 1 spiro atoms. The third-order valence-electron chi connectivity index (χ3n) is 28.5. The van der Waals surface area contributed by atoms with Crippen molar-refractivity contribution in [2.45, 2.75) is 141 Å². The maximum Gasteiger partial charge on any atom is 0.138 e. The largest absolute Gasteiger partial charge is 0.456 e. The van der Waals surface area contributed by atoms with E-state index in [1.807, 2.05) is 0 Å². The summed E-state index contributed by atoms with van der Waals surface area (Å²) in [7, 11) is 0. The molecule has 131 heavy (non-hydrogen) atoms. The fraction of sp³-hybridized carbons (Fsp3) is 0.163. The van der Waals surface area contributed by atoms with Crippen molar-refractivity contribution in [1.82, 2.24) is 0 Å². The second-order valence-corrected chi connectivity index (χ2v) is 38.7. The molecule has 2 nitrogen and oxygen atoms in total. The van der Waals surface area contributed by atoms with Crippen molar-refractivity contribution in [3.05, 3.63) is 474 Å². The van der Waals surface area contributed by atoms with Crippen molar-refractivity contribution in [2.24, 2.45) is 0 Å². The first-order chi connectivity index (χ1) is 63.2. The van der Waals surface area contributed by atoms with Gasteiger partial charge in [0, 0.05) is 32.4 Å². The van der Waals surface area contributed by atoms with Gasteiger partial charge in [-0.05, 0) is 296 Å². The number of hydrogen-bond acceptors (Lipinski definition) is 2. The molecule has 20 aromatic carbocycles. The third-order valence-corrected chi connectivity index (χ3v) is 28.5. The highest BCUT2D eigenvalue weighted by molar-refractivity contribution is 6.28. The van der Waals surface area contributed by atoms with Crippen LogP contribution in [0.5, 0.6) is 0 Å². The normalized spacial score (nSPS) is 13.1. The Morgan fingerprint density at radius 1 is 0.160 bits per heavy atom. The average Bonchev–Trinajstić information content (AvgIpc) is 1.51. The molecule has 2 aromatic heterocycles. The van der Waals surface area contributed by atoms with Crippen molar-refractivity contribution in [3.8, 4) is 44.5 Å². The highest BCUT2D eigenvalue weighted by Crippen LogP contribution is 2.63. The lowest BCUT2D eigenvalue weighted by Gasteiger charge is -2.30. The van der Waals surface area contributed by atoms with Crippen molar-refractivity contribution in [1.29, 1.82) is 0 Å². The molecule has 26 rings (SSSR count). The monoisotopic (exact) mass is 1690 g/mol. The lowest BCUT2D eigenvalue weighted by atomic mass is 9.70. The van der Waals surface area contributed by atoms with Gasteiger partial charge >= 0.3 is 0 Å². The van der Waals surface area contributed by atoms with Crippen LogP contribution in [0.3, 0.4) is 0 Å². The van der Waals surface area contributed by atoms with Gasteiger partial charge in [-0.2, -0.15) is 0 Å². The highest BCUT2D eigenvalue weighted by Gasteiger charge is 2.52. The summed E-state index contributed by atoms with van der Waals surface area (Å²) in [6, 6.07) is 129. The fourth-order valence-corrected chi connectivity index (χ4v) is 22.0. The predicted molar refractivity (Wildman–Crippen MR) is 562 cm³/mol. The molecule has 0 amide bonds. The summed E-state index contributed by atoms with van der Waals surface area (Å²) < 4.78 is 11.7. The number of benzene rings is 20. The molecule has 22 aromatic rings. The van der Waals surface area contributed by atoms with Crippen LogP contribution in [-0.4, -0.2) is 0 Å². The maximum absolute atomic E-state index is 5.91. The standard InChI is InChI=1S/C27H20.2C20H16.2C17H18.2C14H12O/c1-17-11-13-21-22-14-12-18(2)16-26(22)27(25(21)15-17)23-9-5-3-7-19(23)20-8-4-6-10-24(20)27;1-13-7-5-11-17-15-9-3-4-10-16(15)18-12-6-8-14(2)20(18)19(13)17;1-13-7-9-17-15-5-3-4-6-16(15)18-10-8-14(2)12-20(18)19(17)11-13;1-11-5-7-15-13(9-11)14-10-12(2)6-8-16(14)17(15,3)4;1-11-5-7-13-14-8-6-12(2)10-16(14)17(3,4)15(13)9-11;1-9-3-5-11-12-6-4-10(2)8-14(12)15-13(11)7-9;1-9-5-3-7-11-12-8-4-6-10(2)14(12)15-13(9)11/h3-16H,1-2H3;2*3-12H,1-2H3;2*5-10H,1-4H3;2*3-8H,1-2H3. The SMILES string of the molecule is Cc1ccc2c(c1)-c1cc(C)ccc1C2(C)C.Cc1ccc2c(c1)C(C)(C)c1cc(C)ccc1-2.Cc1ccc2c(c1)C1(c3ccccc3-c3ccccc31)c1cc(C)ccc1-2.Cc1ccc2c(c1)oc1cc(C)ccc12.Cc1ccc2c3ccccc3c3ccc(C)cc3c2c1.Cc1cccc2c1oc1c(C)cccc12.Cc1cccc2c3ccccc3c3cccc(C)c3c12. The molecule has 4 aliphatic carbocycles. The molecule has 0 unspecified atom stereocenters. The van der Waals surface area contributed by atoms with Gasteiger partial charge in [0.1, 0.15) is 22.3 Å². The number of hydrogen-bond donors (Lipinski definition) is 0. The van der Waals surface area contributed by atoms with Crippen LogP contribution in [0.2, 0.25) is 0 Å². The Hall–Kier alpha value is -14.4. The molecule has 0 bridgehead atoms. The second kappa shape index (κ2) is 33.3. The van der Waals surface area contributed by atoms with Gasteiger partial charge in [-0.3, -0.25) is 0 Å². The van der Waals surface area contributed by atoms with Crippen LogP contribution in [0.1, 0.15) is 150 Å². The van der Waals surface area contributed by atoms with E-state index in [-0.39, 0.29) is 16.2 Å². The number of furan rings is 2. The molecule has 2 heterocycles. The number of fused-ring (bicyclic) bond motifs is 34. The minimum absolute atomic E-state index is 0.142. The van der Waals surface area contributed by atoms with Crippen molar-refractivity contribution < 1.29 is 8.83 Å². The van der Waals surface area contributed by atoms with Crippen molar-refractivity contribution >= 4 is 109 Å². The van der Waals surface area contributed by atoms with Crippen LogP contribution in [-0.2, 0) is 16.2 Å². The summed E-state index contributed by atoms with van der Waals surface area (Å²) in [6.07, 6.45) is 0. The zero-order valence-electron chi connectivity index (χ0n) is 78.8. The van der Waals surface area contributed by atoms with Crippen molar-refractivity contribution in [3.63, 3.8) is 0 Å². The fourth-order valence-electron chi connectivity index (χ4n) is 22.0. The van der Waals surface area contributed by atoms with Gasteiger partial charge in [0.25, 0.3) is 0 Å². The van der Waals surface area contributed by atoms with Gasteiger partial charge in [0.05, 0.1) is 5.41 Å². The molecule has 0 saturated carbocycles. The molecule has 0 saturated heterocycles. The lowest BCUT2D eigenvalue weighted by Crippen LogP contribution is -2.26. The lowest BCUT2D eigenvalue weighted by molar-refractivity contribution is 0.659. The van der Waals surface area contributed by atoms with Crippen molar-refractivity contribution in [2.75, 3.05) is 0 Å². The quantitative estimate of drug-likeness (QED) is 0.141. The molecule has 0 radical (unpaired) electrons. The average molecular weight is 1690 g/mol. The molecular weight excluding hydrogens is 1580 g/mol. The van der Waals surface area contributed by atoms with Gasteiger partial charge in [-0.1, -0.05) is 412 Å². The van der Waals surface area contributed by atoms with E-state index in [1.54, 1.807) is 0 Å². The number of rotatable bonds is 0. The highest BCUT2D eigenvalue weighted by atomic mass is 16.3. The van der Waals surface area contributed by atoms with Gasteiger partial charge in [-0.25, -0.2) is 0 Å². The van der Waals surface area contributed by atoms with E-state index in [9.17, 15) is 0 Å². The third kappa shape index (κ3) is 14.6. The van der Waals surface area contributed by atoms with Gasteiger partial charge in [0.15, 0.2) is 0 Å². The van der Waals surface area contributed by atoms with Gasteiger partial charge in [0.2, 0.25) is 0 Å². The zero-order chi connectivity index (χ0) is 90.8. The first kappa shape index (κ1) is 84.7. The Kier molecular flexibility index (Phi) is 21.5. The summed E-state index contributed by atoms with van der Waals surface area (Å²) >= 11 is 0. The summed E-state index contributed by atoms with van der Waals surface area (Å²) in [5, 5.41) is 21.2. The Morgan fingerprint density at radius 3 is 0.824 bits per heavy atom. The Bertz CT molecular complexity index is 7910. The van der Waals surface area contributed by atoms with Crippen LogP contribution < -0.4 is 0 Å². The van der Waals surface area contributed by atoms with E-state index in [4.69, 9.17) is 8.83 Å². The van der Waals surface area contributed by atoms with E-state index in [0.29, 0.717) is 0 Å². The molecule has 0 fully saturated rings. The molecule has 0 N–H and O–H groups in total. The van der Waals surface area contributed by atoms with Crippen LogP contribution in [0.4, 0.5) is 0 Å². The Labute approximate surface area is 771 Å². The van der Waals surface area contributed by atoms with E-state index in [2.05, 4.69) is 476 Å². The van der Waals surface area contributed by atoms with Crippen LogP contribution >= 0.6 is 0 Å². The van der Waals surface area contributed by atoms with Crippen LogP contribution in [0.25, 0.3) is 153 Å². The number of para-hydroxylation sites is 2. The predicted octanol–water partition coefficient (Wildman–Crippen LogP) is 35.8. The summed E-state index contributed by atoms with van der Waals surface area (Å²) in [4.78, 5) is 0. The Balaban J connectivity index is 0.0000000963. The molecule has 4 aliphatic rings. The minimum Gasteiger partial charge on any atom is -0.456 e. The van der Waals surface area contributed by atoms with E-state index in [0.717, 1.165) is 22.3 Å². The first-order valence-electron chi connectivity index (χ1n) is 46.5. The van der Waals surface area contributed by atoms with E-state index < -0.39 is 0 Å². The molecular formula is C129H112O2. The first-order valence-corrected chi connectivity index (χ1v) is 46.5. The van der Waals surface area contributed by atoms with Crippen LogP contribution in [0, 0.1) is 96.9 Å². The van der Waals surface area contributed by atoms with E-state index in [1.165, 1.54) is 253 Å². The maximum atomic E-state index is 5.91. The summed E-state index contributed by atoms with van der Waals surface area (Å²) in [5.41, 5.74) is 45.0. The molecule has 0 aliphatic heterocycles. The summed E-state index contributed by atoms with van der Waals surface area (Å²) in [6.45, 7) is 39.5. The Morgan fingerprint density at radius 2 is 0.427 bits per heavy atom. The second-order valence-electron chi connectivity index (χ2n) is 38.7. The summed E-state index contributed by atoms with van der Waals surface area (Å²) in [5.74, 6) is 0. The zero-order valence-corrected chi connectivity index (χ0v) is 78.8. The van der Waals surface area contributed by atoms with Gasteiger partial charge < -0.3 is 8.83 Å². The smallest absolute Gasteiger partial charge is 0.138 e. The molecule has 640 valence electrons. The number of aryl methyl sites for hydroxylation is 14. The van der Waals surface area contributed by atoms with Crippen LogP contribution in [0.15, 0.2) is 361 Å². The van der Waals surface area contributed by atoms with Gasteiger partial charge in [-0.15, -0.1) is 0 Å². The topological polar surface area (TPSA) is 26.3 Å².